The number of imidazole rings is 1. The third kappa shape index (κ3) is 2.35. The normalized spacial score (nSPS) is 15.3. The average molecular weight is 273 g/mol. The molecule has 3 rings (SSSR count). The van der Waals surface area contributed by atoms with Gasteiger partial charge in [0.15, 0.2) is 0 Å². The van der Waals surface area contributed by atoms with Gasteiger partial charge in [0.2, 0.25) is 0 Å². The van der Waals surface area contributed by atoms with Crippen LogP contribution in [0.25, 0.3) is 5.69 Å². The Kier molecular flexibility index (Phi) is 3.34. The van der Waals surface area contributed by atoms with Gasteiger partial charge >= 0.3 is 0 Å². The number of nitro benzene ring substituents is 1. The summed E-state index contributed by atoms with van der Waals surface area (Å²) in [6, 6.07) is 5.16. The van der Waals surface area contributed by atoms with E-state index in [9.17, 15) is 10.1 Å². The van der Waals surface area contributed by atoms with Crippen LogP contribution in [0, 0.1) is 10.1 Å². The molecular weight excluding hydrogens is 258 g/mol. The molecule has 1 N–H and O–H groups in total. The van der Waals surface area contributed by atoms with Crippen molar-refractivity contribution in [3.8, 4) is 5.69 Å². The second kappa shape index (κ2) is 5.30. The van der Waals surface area contributed by atoms with Crippen molar-refractivity contribution < 1.29 is 4.92 Å². The van der Waals surface area contributed by atoms with Gasteiger partial charge in [-0.25, -0.2) is 4.98 Å². The zero-order valence-corrected chi connectivity index (χ0v) is 10.9. The molecule has 7 heteroatoms. The largest absolute Gasteiger partial charge is 0.363 e. The van der Waals surface area contributed by atoms with Crippen LogP contribution in [-0.2, 0) is 0 Å². The lowest BCUT2D eigenvalue weighted by Crippen LogP contribution is -2.43. The van der Waals surface area contributed by atoms with Gasteiger partial charge < -0.3 is 14.8 Å². The molecule has 0 spiro atoms. The van der Waals surface area contributed by atoms with Crippen molar-refractivity contribution in [1.29, 1.82) is 0 Å². The van der Waals surface area contributed by atoms with Gasteiger partial charge in [-0.1, -0.05) is 0 Å². The molecule has 7 nitrogen and oxygen atoms in total. The number of hydrogen-bond acceptors (Lipinski definition) is 5. The maximum absolute atomic E-state index is 11.2. The van der Waals surface area contributed by atoms with Crippen molar-refractivity contribution in [1.82, 2.24) is 14.9 Å². The van der Waals surface area contributed by atoms with Gasteiger partial charge in [-0.3, -0.25) is 10.1 Å². The van der Waals surface area contributed by atoms with Crippen molar-refractivity contribution >= 4 is 11.4 Å². The van der Waals surface area contributed by atoms with Gasteiger partial charge in [0, 0.05) is 50.3 Å². The van der Waals surface area contributed by atoms with Crippen molar-refractivity contribution in [2.24, 2.45) is 0 Å². The summed E-state index contributed by atoms with van der Waals surface area (Å²) in [6.45, 7) is 3.22. The molecule has 0 unspecified atom stereocenters. The number of hydrogen-bond donors (Lipinski definition) is 1. The summed E-state index contributed by atoms with van der Waals surface area (Å²) in [7, 11) is 0. The molecule has 104 valence electrons. The van der Waals surface area contributed by atoms with E-state index in [1.807, 2.05) is 16.8 Å². The van der Waals surface area contributed by atoms with Gasteiger partial charge in [0.05, 0.1) is 11.3 Å². The van der Waals surface area contributed by atoms with Crippen LogP contribution in [-0.4, -0.2) is 40.7 Å². The summed E-state index contributed by atoms with van der Waals surface area (Å²) in [6.07, 6.45) is 5.19. The lowest BCUT2D eigenvalue weighted by atomic mass is 10.2. The molecule has 20 heavy (non-hydrogen) atoms. The quantitative estimate of drug-likeness (QED) is 0.671. The van der Waals surface area contributed by atoms with Crippen LogP contribution in [0.2, 0.25) is 0 Å². The Hall–Kier alpha value is -2.41. The molecule has 0 amide bonds. The summed E-state index contributed by atoms with van der Waals surface area (Å²) in [5.74, 6) is 0. The van der Waals surface area contributed by atoms with Crippen molar-refractivity contribution in [2.45, 2.75) is 0 Å². The van der Waals surface area contributed by atoms with Gasteiger partial charge in [-0.05, 0) is 12.1 Å². The zero-order chi connectivity index (χ0) is 13.9. The number of rotatable bonds is 3. The first-order valence-corrected chi connectivity index (χ1v) is 6.48. The van der Waals surface area contributed by atoms with Crippen LogP contribution >= 0.6 is 0 Å². The van der Waals surface area contributed by atoms with Crippen LogP contribution < -0.4 is 10.2 Å². The van der Waals surface area contributed by atoms with Crippen LogP contribution in [0.1, 0.15) is 0 Å². The molecule has 1 saturated heterocycles. The van der Waals surface area contributed by atoms with E-state index in [1.54, 1.807) is 24.7 Å². The lowest BCUT2D eigenvalue weighted by molar-refractivity contribution is -0.384. The Balaban J connectivity index is 2.03. The summed E-state index contributed by atoms with van der Waals surface area (Å²) in [5.41, 5.74) is 1.69. The van der Waals surface area contributed by atoms with E-state index in [2.05, 4.69) is 15.2 Å². The molecule has 1 aromatic carbocycles. The van der Waals surface area contributed by atoms with Gasteiger partial charge in [-0.15, -0.1) is 0 Å². The van der Waals surface area contributed by atoms with E-state index in [0.717, 1.165) is 31.9 Å². The standard InChI is InChI=1S/C13H15N5O2/c19-18(20)12-2-1-11(17-8-5-15-10-17)9-13(12)16-6-3-14-4-7-16/h1-2,5,8-10,14H,3-4,6-7H2. The summed E-state index contributed by atoms with van der Waals surface area (Å²) >= 11 is 0. The first kappa shape index (κ1) is 12.6. The number of nitrogens with one attached hydrogen (secondary N) is 1. The highest BCUT2D eigenvalue weighted by atomic mass is 16.6. The predicted octanol–water partition coefficient (Wildman–Crippen LogP) is 1.19. The van der Waals surface area contributed by atoms with Crippen molar-refractivity contribution in [2.75, 3.05) is 31.1 Å². The highest BCUT2D eigenvalue weighted by Gasteiger charge is 2.21. The third-order valence-electron chi connectivity index (χ3n) is 3.42. The van der Waals surface area contributed by atoms with Gasteiger partial charge in [0.1, 0.15) is 5.69 Å². The maximum atomic E-state index is 11.2. The van der Waals surface area contributed by atoms with Crippen LogP contribution in [0.3, 0.4) is 0 Å². The Bertz CT molecular complexity index is 605. The minimum Gasteiger partial charge on any atom is -0.363 e. The number of nitrogens with zero attached hydrogens (tertiary/aromatic N) is 4. The predicted molar refractivity (Wildman–Crippen MR) is 75.3 cm³/mol. The highest BCUT2D eigenvalue weighted by Crippen LogP contribution is 2.30. The van der Waals surface area contributed by atoms with E-state index in [-0.39, 0.29) is 10.6 Å². The SMILES string of the molecule is O=[N+]([O-])c1ccc(-n2ccnc2)cc1N1CCNCC1. The van der Waals surface area contributed by atoms with Crippen molar-refractivity contribution in [3.05, 3.63) is 47.0 Å². The number of benzene rings is 1. The smallest absolute Gasteiger partial charge is 0.292 e. The second-order valence-electron chi connectivity index (χ2n) is 4.64. The molecule has 2 aromatic rings. The molecule has 1 fully saturated rings. The molecule has 1 aromatic heterocycles. The van der Waals surface area contributed by atoms with Crippen LogP contribution in [0.5, 0.6) is 0 Å². The minimum absolute atomic E-state index is 0.149. The number of aromatic nitrogens is 2. The zero-order valence-electron chi connectivity index (χ0n) is 10.9. The fourth-order valence-corrected chi connectivity index (χ4v) is 2.40. The second-order valence-corrected chi connectivity index (χ2v) is 4.64. The highest BCUT2D eigenvalue weighted by molar-refractivity contribution is 5.67. The van der Waals surface area contributed by atoms with E-state index >= 15 is 0 Å². The third-order valence-corrected chi connectivity index (χ3v) is 3.42. The Morgan fingerprint density at radius 1 is 1.30 bits per heavy atom. The number of nitro groups is 1. The molecule has 1 aliphatic heterocycles. The fraction of sp³-hybridized carbons (Fsp3) is 0.308. The first-order chi connectivity index (χ1) is 9.75. The minimum atomic E-state index is -0.324. The lowest BCUT2D eigenvalue weighted by Gasteiger charge is -2.29. The summed E-state index contributed by atoms with van der Waals surface area (Å²) in [5, 5.41) is 14.5. The number of anilines is 1. The van der Waals surface area contributed by atoms with E-state index in [1.165, 1.54) is 0 Å². The van der Waals surface area contributed by atoms with Crippen LogP contribution in [0.4, 0.5) is 11.4 Å². The molecule has 2 heterocycles. The van der Waals surface area contributed by atoms with E-state index < -0.39 is 0 Å². The molecule has 1 aliphatic rings. The van der Waals surface area contributed by atoms with Crippen LogP contribution in [0.15, 0.2) is 36.9 Å². The maximum Gasteiger partial charge on any atom is 0.292 e. The Labute approximate surface area is 116 Å². The summed E-state index contributed by atoms with van der Waals surface area (Å²) < 4.78 is 1.84. The molecule has 0 atom stereocenters. The molecule has 0 bridgehead atoms. The van der Waals surface area contributed by atoms with Gasteiger partial charge in [0.25, 0.3) is 5.69 Å². The van der Waals surface area contributed by atoms with Crippen molar-refractivity contribution in [3.63, 3.8) is 0 Å². The van der Waals surface area contributed by atoms with Gasteiger partial charge in [-0.2, -0.15) is 0 Å². The first-order valence-electron chi connectivity index (χ1n) is 6.48. The molecular formula is C13H15N5O2. The monoisotopic (exact) mass is 273 g/mol. The topological polar surface area (TPSA) is 76.2 Å². The number of piperazine rings is 1. The van der Waals surface area contributed by atoms with E-state index in [0.29, 0.717) is 5.69 Å². The van der Waals surface area contributed by atoms with E-state index in [4.69, 9.17) is 0 Å². The average Bonchev–Trinajstić information content (AvgIpc) is 3.02. The Morgan fingerprint density at radius 3 is 2.75 bits per heavy atom. The molecule has 0 radical (unpaired) electrons. The molecule has 0 saturated carbocycles. The molecule has 0 aliphatic carbocycles. The Morgan fingerprint density at radius 2 is 2.10 bits per heavy atom. The fourth-order valence-electron chi connectivity index (χ4n) is 2.40. The summed E-state index contributed by atoms with van der Waals surface area (Å²) in [4.78, 5) is 16.9.